The maximum absolute atomic E-state index is 5.13. The molecule has 0 fully saturated rings. The number of hydrogen-bond acceptors (Lipinski definition) is 4. The van der Waals surface area contributed by atoms with Crippen molar-refractivity contribution in [2.75, 3.05) is 14.2 Å². The molecule has 0 radical (unpaired) electrons. The monoisotopic (exact) mass is 588 g/mol. The van der Waals surface area contributed by atoms with Crippen LogP contribution in [-0.4, -0.2) is 14.2 Å². The highest BCUT2D eigenvalue weighted by atomic mass is 127. The molecule has 4 aromatic carbocycles. The van der Waals surface area contributed by atoms with Gasteiger partial charge in [-0.1, -0.05) is 47.2 Å². The van der Waals surface area contributed by atoms with E-state index in [1.807, 2.05) is 36.4 Å². The molecule has 0 aliphatic rings. The highest BCUT2D eigenvalue weighted by Crippen LogP contribution is 2.28. The Labute approximate surface area is 221 Å². The molecule has 33 heavy (non-hydrogen) atoms. The third-order valence-corrected chi connectivity index (χ3v) is 6.43. The zero-order chi connectivity index (χ0) is 24.1. The van der Waals surface area contributed by atoms with Gasteiger partial charge in [-0.3, -0.25) is 0 Å². The van der Waals surface area contributed by atoms with Crippen molar-refractivity contribution >= 4 is 47.0 Å². The molecule has 0 aliphatic heterocycles. The molecule has 172 valence electrons. The van der Waals surface area contributed by atoms with Crippen LogP contribution in [0, 0.1) is 17.4 Å². The summed E-state index contributed by atoms with van der Waals surface area (Å²) in [5.41, 5.74) is 2.62. The van der Waals surface area contributed by atoms with Gasteiger partial charge < -0.3 is 9.47 Å². The molecule has 0 N–H and O–H groups in total. The minimum atomic E-state index is 0.868. The van der Waals surface area contributed by atoms with Gasteiger partial charge in [-0.2, -0.15) is 0 Å². The SMILES string of the molecule is COc1ccc(S)cc1.COc1ccc(Sc2ccc(C)cc2)cc1.Cc1ccc(I)cc1. The van der Waals surface area contributed by atoms with E-state index in [9.17, 15) is 0 Å². The van der Waals surface area contributed by atoms with Crippen molar-refractivity contribution in [3.8, 4) is 11.5 Å². The smallest absolute Gasteiger partial charge is 0.118 e. The van der Waals surface area contributed by atoms with Crippen LogP contribution in [0.2, 0.25) is 0 Å². The molecule has 0 unspecified atom stereocenters. The Balaban J connectivity index is 0.000000192. The first-order valence-corrected chi connectivity index (χ1v) is 12.7. The van der Waals surface area contributed by atoms with Gasteiger partial charge in [0.15, 0.2) is 0 Å². The fourth-order valence-corrected chi connectivity index (χ4v) is 3.83. The predicted molar refractivity (Wildman–Crippen MR) is 152 cm³/mol. The number of thiol groups is 1. The molecule has 0 saturated carbocycles. The number of ether oxygens (including phenoxy) is 2. The molecule has 0 bridgehead atoms. The number of benzene rings is 4. The first kappa shape index (κ1) is 27.2. The summed E-state index contributed by atoms with van der Waals surface area (Å²) in [6.07, 6.45) is 0. The van der Waals surface area contributed by atoms with Gasteiger partial charge in [0.2, 0.25) is 0 Å². The molecule has 0 aliphatic carbocycles. The van der Waals surface area contributed by atoms with E-state index in [1.54, 1.807) is 26.0 Å². The second-order valence-electron chi connectivity index (χ2n) is 7.08. The van der Waals surface area contributed by atoms with Crippen molar-refractivity contribution in [3.63, 3.8) is 0 Å². The predicted octanol–water partition coefficient (Wildman–Crippen LogP) is 8.74. The second kappa shape index (κ2) is 14.9. The molecule has 0 atom stereocenters. The lowest BCUT2D eigenvalue weighted by Gasteiger charge is -2.03. The third-order valence-electron chi connectivity index (χ3n) is 4.40. The van der Waals surface area contributed by atoms with E-state index in [4.69, 9.17) is 9.47 Å². The lowest BCUT2D eigenvalue weighted by atomic mass is 10.2. The van der Waals surface area contributed by atoms with Gasteiger partial charge in [0, 0.05) is 18.3 Å². The van der Waals surface area contributed by atoms with Gasteiger partial charge in [0.1, 0.15) is 11.5 Å². The zero-order valence-electron chi connectivity index (χ0n) is 19.3. The zero-order valence-corrected chi connectivity index (χ0v) is 23.2. The summed E-state index contributed by atoms with van der Waals surface area (Å²) in [7, 11) is 3.33. The number of rotatable bonds is 4. The number of hydrogen-bond donors (Lipinski definition) is 1. The van der Waals surface area contributed by atoms with Gasteiger partial charge in [0.25, 0.3) is 0 Å². The highest BCUT2D eigenvalue weighted by molar-refractivity contribution is 14.1. The lowest BCUT2D eigenvalue weighted by Crippen LogP contribution is -1.81. The van der Waals surface area contributed by atoms with Gasteiger partial charge in [-0.05, 0) is 109 Å². The van der Waals surface area contributed by atoms with Gasteiger partial charge >= 0.3 is 0 Å². The Kier molecular flexibility index (Phi) is 12.3. The number of methoxy groups -OCH3 is 2. The summed E-state index contributed by atoms with van der Waals surface area (Å²) in [4.78, 5) is 3.44. The maximum atomic E-state index is 5.13. The van der Waals surface area contributed by atoms with Gasteiger partial charge in [-0.15, -0.1) is 12.6 Å². The van der Waals surface area contributed by atoms with Crippen LogP contribution < -0.4 is 9.47 Å². The van der Waals surface area contributed by atoms with Crippen LogP contribution in [-0.2, 0) is 0 Å². The van der Waals surface area contributed by atoms with Crippen molar-refractivity contribution in [2.24, 2.45) is 0 Å². The minimum absolute atomic E-state index is 0.868. The van der Waals surface area contributed by atoms with E-state index in [0.29, 0.717) is 0 Å². The Bertz CT molecular complexity index is 1040. The Morgan fingerprint density at radius 2 is 0.939 bits per heavy atom. The molecule has 2 nitrogen and oxygen atoms in total. The van der Waals surface area contributed by atoms with Crippen molar-refractivity contribution in [1.82, 2.24) is 0 Å². The molecule has 0 amide bonds. The lowest BCUT2D eigenvalue weighted by molar-refractivity contribution is 0.414. The minimum Gasteiger partial charge on any atom is -0.497 e. The first-order chi connectivity index (χ1) is 15.9. The summed E-state index contributed by atoms with van der Waals surface area (Å²) >= 11 is 8.17. The topological polar surface area (TPSA) is 18.5 Å². The molecule has 0 spiro atoms. The summed E-state index contributed by atoms with van der Waals surface area (Å²) in [6, 6.07) is 32.6. The summed E-state index contributed by atoms with van der Waals surface area (Å²) in [5, 5.41) is 0. The molecule has 0 saturated heterocycles. The Hall–Kier alpha value is -2.09. The largest absolute Gasteiger partial charge is 0.497 e. The van der Waals surface area contributed by atoms with Crippen LogP contribution >= 0.6 is 47.0 Å². The van der Waals surface area contributed by atoms with E-state index < -0.39 is 0 Å². The van der Waals surface area contributed by atoms with Gasteiger partial charge in [0.05, 0.1) is 14.2 Å². The van der Waals surface area contributed by atoms with Crippen LogP contribution in [0.1, 0.15) is 11.1 Å². The Morgan fingerprint density at radius 1 is 0.576 bits per heavy atom. The van der Waals surface area contributed by atoms with Gasteiger partial charge in [-0.25, -0.2) is 0 Å². The third kappa shape index (κ3) is 11.1. The highest BCUT2D eigenvalue weighted by Gasteiger charge is 1.97. The van der Waals surface area contributed by atoms with Crippen molar-refractivity contribution in [1.29, 1.82) is 0 Å². The number of halogens is 1. The summed E-state index contributed by atoms with van der Waals surface area (Å²) in [5.74, 6) is 1.76. The van der Waals surface area contributed by atoms with E-state index in [-0.39, 0.29) is 0 Å². The van der Waals surface area contributed by atoms with Crippen LogP contribution in [0.3, 0.4) is 0 Å². The fraction of sp³-hybridized carbons (Fsp3) is 0.143. The molecule has 5 heteroatoms. The second-order valence-corrected chi connectivity index (χ2v) is 9.99. The van der Waals surface area contributed by atoms with E-state index in [0.717, 1.165) is 16.4 Å². The normalized spacial score (nSPS) is 9.64. The molecular weight excluding hydrogens is 559 g/mol. The quantitative estimate of drug-likeness (QED) is 0.190. The standard InChI is InChI=1S/C14H14OS.C7H7I.C7H8OS/c1-11-3-7-13(8-4-11)16-14-9-5-12(15-2)6-10-14;1-6-2-4-7(8)5-3-6;1-8-6-2-4-7(9)5-3-6/h3-10H,1-2H3;2-5H,1H3;2-5,9H,1H3. The summed E-state index contributed by atoms with van der Waals surface area (Å²) in [6.45, 7) is 4.19. The molecule has 0 aromatic heterocycles. The van der Waals surface area contributed by atoms with Crippen LogP contribution in [0.5, 0.6) is 11.5 Å². The molecule has 4 rings (SSSR count). The molecule has 4 aromatic rings. The average molecular weight is 589 g/mol. The fourth-order valence-electron chi connectivity index (χ4n) is 2.50. The van der Waals surface area contributed by atoms with Crippen molar-refractivity contribution in [3.05, 3.63) is 112 Å². The van der Waals surface area contributed by atoms with Crippen LogP contribution in [0.15, 0.2) is 112 Å². The van der Waals surface area contributed by atoms with E-state index in [2.05, 4.69) is 110 Å². The molecular formula is C28H29IO2S2. The average Bonchev–Trinajstić information content (AvgIpc) is 2.84. The Morgan fingerprint density at radius 3 is 1.33 bits per heavy atom. The van der Waals surface area contributed by atoms with Crippen LogP contribution in [0.4, 0.5) is 0 Å². The molecule has 0 heterocycles. The number of aryl methyl sites for hydroxylation is 2. The first-order valence-electron chi connectivity index (χ1n) is 10.3. The maximum Gasteiger partial charge on any atom is 0.118 e. The van der Waals surface area contributed by atoms with E-state index in [1.165, 1.54) is 24.5 Å². The summed E-state index contributed by atoms with van der Waals surface area (Å²) < 4.78 is 11.4. The van der Waals surface area contributed by atoms with Crippen LogP contribution in [0.25, 0.3) is 0 Å². The van der Waals surface area contributed by atoms with E-state index >= 15 is 0 Å². The van der Waals surface area contributed by atoms with Crippen molar-refractivity contribution in [2.45, 2.75) is 28.5 Å². The van der Waals surface area contributed by atoms with Crippen molar-refractivity contribution < 1.29 is 9.47 Å².